The minimum absolute atomic E-state index is 0.0194. The number of carbonyl (C=O) groups excluding carboxylic acids is 1. The number of hydrogen-bond donors (Lipinski definition) is 1. The lowest BCUT2D eigenvalue weighted by atomic mass is 10.2. The number of rotatable bonds is 7. The molecule has 170 valence electrons. The lowest BCUT2D eigenvalue weighted by Crippen LogP contribution is -2.34. The minimum Gasteiger partial charge on any atom is -0.497 e. The van der Waals surface area contributed by atoms with E-state index in [-0.39, 0.29) is 23.3 Å². The van der Waals surface area contributed by atoms with Crippen LogP contribution in [0.4, 0.5) is 0 Å². The molecule has 3 aromatic heterocycles. The molecule has 0 spiro atoms. The third kappa shape index (κ3) is 4.60. The summed E-state index contributed by atoms with van der Waals surface area (Å²) >= 11 is 2.66. The van der Waals surface area contributed by atoms with Crippen LogP contribution in [0.15, 0.2) is 52.5 Å². The van der Waals surface area contributed by atoms with Gasteiger partial charge in [-0.15, -0.1) is 11.3 Å². The minimum atomic E-state index is -0.113. The standard InChI is InChI=1S/C24H24N4O3S2/c1-31-17-10-8-15(9-11-17)13-28-23(30)21-20(18-7-4-12-25-22(18)33-21)27-24(28)32-14-19(29)26-16-5-2-3-6-16/h4,7-12,16H,2-3,5-6,13-14H2,1H3,(H,26,29). The highest BCUT2D eigenvalue weighted by molar-refractivity contribution is 7.99. The van der Waals surface area contributed by atoms with E-state index in [4.69, 9.17) is 9.72 Å². The van der Waals surface area contributed by atoms with Crippen LogP contribution in [0.1, 0.15) is 31.2 Å². The summed E-state index contributed by atoms with van der Waals surface area (Å²) in [6.45, 7) is 0.361. The molecule has 0 aliphatic heterocycles. The number of nitrogens with zero attached hydrogens (tertiary/aromatic N) is 3. The van der Waals surface area contributed by atoms with Gasteiger partial charge < -0.3 is 10.1 Å². The second-order valence-corrected chi connectivity index (χ2v) is 10.0. The number of methoxy groups -OCH3 is 1. The van der Waals surface area contributed by atoms with Gasteiger partial charge in [0.2, 0.25) is 5.91 Å². The molecule has 1 aliphatic carbocycles. The highest BCUT2D eigenvalue weighted by Crippen LogP contribution is 2.30. The number of aromatic nitrogens is 3. The van der Waals surface area contributed by atoms with Gasteiger partial charge in [0.1, 0.15) is 15.3 Å². The molecule has 9 heteroatoms. The number of ether oxygens (including phenoxy) is 1. The second-order valence-electron chi connectivity index (χ2n) is 8.11. The summed E-state index contributed by atoms with van der Waals surface area (Å²) in [6.07, 6.45) is 6.12. The molecule has 1 saturated carbocycles. The summed E-state index contributed by atoms with van der Waals surface area (Å²) in [7, 11) is 1.62. The Labute approximate surface area is 199 Å². The summed E-state index contributed by atoms with van der Waals surface area (Å²) in [5.41, 5.74) is 1.49. The summed E-state index contributed by atoms with van der Waals surface area (Å²) in [4.78, 5) is 36.1. The van der Waals surface area contributed by atoms with Gasteiger partial charge in [-0.2, -0.15) is 0 Å². The Morgan fingerprint density at radius 1 is 1.24 bits per heavy atom. The number of benzene rings is 1. The van der Waals surface area contributed by atoms with E-state index in [0.717, 1.165) is 47.2 Å². The van der Waals surface area contributed by atoms with Gasteiger partial charge in [0, 0.05) is 17.6 Å². The van der Waals surface area contributed by atoms with Crippen LogP contribution in [0.3, 0.4) is 0 Å². The van der Waals surface area contributed by atoms with Crippen molar-refractivity contribution >= 4 is 49.4 Å². The van der Waals surface area contributed by atoms with Crippen LogP contribution >= 0.6 is 23.1 Å². The molecule has 0 radical (unpaired) electrons. The van der Waals surface area contributed by atoms with E-state index in [0.29, 0.717) is 21.9 Å². The van der Waals surface area contributed by atoms with Crippen LogP contribution < -0.4 is 15.6 Å². The van der Waals surface area contributed by atoms with Crippen LogP contribution in [-0.2, 0) is 11.3 Å². The fraction of sp³-hybridized carbons (Fsp3) is 0.333. The van der Waals surface area contributed by atoms with Gasteiger partial charge >= 0.3 is 0 Å². The van der Waals surface area contributed by atoms with Gasteiger partial charge in [-0.1, -0.05) is 36.7 Å². The van der Waals surface area contributed by atoms with E-state index in [1.54, 1.807) is 17.9 Å². The molecule has 3 heterocycles. The predicted octanol–water partition coefficient (Wildman–Crippen LogP) is 4.21. The van der Waals surface area contributed by atoms with E-state index in [1.807, 2.05) is 36.4 Å². The molecule has 1 amide bonds. The molecule has 5 rings (SSSR count). The monoisotopic (exact) mass is 480 g/mol. The molecule has 0 unspecified atom stereocenters. The zero-order valence-electron chi connectivity index (χ0n) is 18.2. The maximum absolute atomic E-state index is 13.5. The van der Waals surface area contributed by atoms with Crippen molar-refractivity contribution in [1.82, 2.24) is 19.9 Å². The predicted molar refractivity (Wildman–Crippen MR) is 132 cm³/mol. The average Bonchev–Trinajstić information content (AvgIpc) is 3.48. The topological polar surface area (TPSA) is 86.1 Å². The van der Waals surface area contributed by atoms with Gasteiger partial charge in [0.15, 0.2) is 5.16 Å². The molecule has 33 heavy (non-hydrogen) atoms. The summed E-state index contributed by atoms with van der Waals surface area (Å²) < 4.78 is 7.48. The number of thioether (sulfide) groups is 1. The van der Waals surface area contributed by atoms with Crippen LogP contribution in [0, 0.1) is 0 Å². The first-order valence-corrected chi connectivity index (χ1v) is 12.8. The highest BCUT2D eigenvalue weighted by Gasteiger charge is 2.20. The maximum atomic E-state index is 13.5. The van der Waals surface area contributed by atoms with Crippen molar-refractivity contribution in [2.45, 2.75) is 43.4 Å². The fourth-order valence-electron chi connectivity index (χ4n) is 4.17. The third-order valence-electron chi connectivity index (χ3n) is 5.87. The van der Waals surface area contributed by atoms with Crippen molar-refractivity contribution in [1.29, 1.82) is 0 Å². The molecule has 7 nitrogen and oxygen atoms in total. The van der Waals surface area contributed by atoms with E-state index >= 15 is 0 Å². The zero-order valence-corrected chi connectivity index (χ0v) is 19.9. The van der Waals surface area contributed by atoms with E-state index in [1.165, 1.54) is 23.1 Å². The van der Waals surface area contributed by atoms with Crippen molar-refractivity contribution in [2.75, 3.05) is 12.9 Å². The number of amides is 1. The van der Waals surface area contributed by atoms with E-state index < -0.39 is 0 Å². The van der Waals surface area contributed by atoms with Crippen LogP contribution in [0.2, 0.25) is 0 Å². The first-order valence-electron chi connectivity index (χ1n) is 11.0. The highest BCUT2D eigenvalue weighted by atomic mass is 32.2. The number of thiophene rings is 1. The van der Waals surface area contributed by atoms with Gasteiger partial charge in [-0.3, -0.25) is 14.2 Å². The smallest absolute Gasteiger partial charge is 0.272 e. The van der Waals surface area contributed by atoms with Crippen molar-refractivity contribution in [2.24, 2.45) is 0 Å². The van der Waals surface area contributed by atoms with Gasteiger partial charge in [-0.05, 0) is 42.7 Å². The molecule has 0 bridgehead atoms. The normalized spacial score (nSPS) is 14.2. The molecular weight excluding hydrogens is 456 g/mol. The van der Waals surface area contributed by atoms with E-state index in [9.17, 15) is 9.59 Å². The molecule has 1 N–H and O–H groups in total. The van der Waals surface area contributed by atoms with Crippen molar-refractivity contribution in [3.8, 4) is 5.75 Å². The lowest BCUT2D eigenvalue weighted by molar-refractivity contribution is -0.119. The first-order chi connectivity index (χ1) is 16.1. The van der Waals surface area contributed by atoms with Gasteiger partial charge in [-0.25, -0.2) is 9.97 Å². The quantitative estimate of drug-likeness (QED) is 0.315. The molecular formula is C24H24N4O3S2. The molecule has 1 aliphatic rings. The largest absolute Gasteiger partial charge is 0.497 e. The van der Waals surface area contributed by atoms with Crippen molar-refractivity contribution in [3.05, 3.63) is 58.5 Å². The average molecular weight is 481 g/mol. The number of pyridine rings is 1. The molecule has 1 fully saturated rings. The Bertz CT molecular complexity index is 1360. The van der Waals surface area contributed by atoms with Gasteiger partial charge in [0.05, 0.1) is 24.9 Å². The second kappa shape index (κ2) is 9.52. The summed E-state index contributed by atoms with van der Waals surface area (Å²) in [5, 5.41) is 4.51. The number of fused-ring (bicyclic) bond motifs is 3. The first kappa shape index (κ1) is 21.9. The number of hydrogen-bond acceptors (Lipinski definition) is 7. The Hall–Kier alpha value is -2.91. The SMILES string of the molecule is COc1ccc(Cn2c(SCC(=O)NC3CCCC3)nc3c(sc4ncccc43)c2=O)cc1. The lowest BCUT2D eigenvalue weighted by Gasteiger charge is -2.14. The molecule has 0 saturated heterocycles. The fourth-order valence-corrected chi connectivity index (χ4v) is 6.01. The number of nitrogens with one attached hydrogen (secondary N) is 1. The van der Waals surface area contributed by atoms with E-state index in [2.05, 4.69) is 10.3 Å². The Morgan fingerprint density at radius 2 is 2.03 bits per heavy atom. The van der Waals surface area contributed by atoms with Crippen LogP contribution in [-0.4, -0.2) is 39.3 Å². The molecule has 0 atom stereocenters. The molecule has 4 aromatic rings. The third-order valence-corrected chi connectivity index (χ3v) is 7.94. The van der Waals surface area contributed by atoms with Crippen molar-refractivity contribution < 1.29 is 9.53 Å². The summed E-state index contributed by atoms with van der Waals surface area (Å²) in [6, 6.07) is 11.7. The van der Waals surface area contributed by atoms with Gasteiger partial charge in [0.25, 0.3) is 5.56 Å². The number of carbonyl (C=O) groups is 1. The van der Waals surface area contributed by atoms with Crippen LogP contribution in [0.25, 0.3) is 20.4 Å². The Balaban J connectivity index is 1.50. The molecule has 1 aromatic carbocycles. The Morgan fingerprint density at radius 3 is 2.79 bits per heavy atom. The summed E-state index contributed by atoms with van der Waals surface area (Å²) in [5.74, 6) is 0.958. The maximum Gasteiger partial charge on any atom is 0.272 e. The van der Waals surface area contributed by atoms with Crippen molar-refractivity contribution in [3.63, 3.8) is 0 Å². The Kier molecular flexibility index (Phi) is 6.32. The van der Waals surface area contributed by atoms with Crippen LogP contribution in [0.5, 0.6) is 5.75 Å². The zero-order chi connectivity index (χ0) is 22.8.